The van der Waals surface area contributed by atoms with Crippen LogP contribution < -0.4 is 9.47 Å². The fourth-order valence-corrected chi connectivity index (χ4v) is 2.24. The van der Waals surface area contributed by atoms with Crippen LogP contribution in [0.2, 0.25) is 0 Å². The number of hydrogen-bond acceptors (Lipinski definition) is 8. The van der Waals surface area contributed by atoms with Crippen LogP contribution in [-0.4, -0.2) is 44.1 Å². The minimum Gasteiger partial charge on any atom is -0.505 e. The van der Waals surface area contributed by atoms with Gasteiger partial charge >= 0.3 is 5.97 Å². The Morgan fingerprint density at radius 2 is 1.80 bits per heavy atom. The SMILES string of the molecule is C=C(C)C(=O)OC(COCC)COc1ccc(N=Nc2ccc(OC)cc2O)cc1. The van der Waals surface area contributed by atoms with Gasteiger partial charge in [-0.2, -0.15) is 5.11 Å². The van der Waals surface area contributed by atoms with E-state index in [1.165, 1.54) is 13.2 Å². The smallest absolute Gasteiger partial charge is 0.333 e. The Labute approximate surface area is 175 Å². The zero-order valence-electron chi connectivity index (χ0n) is 17.3. The third-order valence-corrected chi connectivity index (χ3v) is 3.86. The normalized spacial score (nSPS) is 11.8. The van der Waals surface area contributed by atoms with Gasteiger partial charge in [0, 0.05) is 18.2 Å². The number of methoxy groups -OCH3 is 1. The number of ether oxygens (including phenoxy) is 4. The first-order chi connectivity index (χ1) is 14.4. The number of nitrogens with zero attached hydrogens (tertiary/aromatic N) is 2. The molecule has 0 aliphatic rings. The van der Waals surface area contributed by atoms with Gasteiger partial charge in [-0.3, -0.25) is 0 Å². The average molecular weight is 414 g/mol. The molecule has 0 bridgehead atoms. The van der Waals surface area contributed by atoms with Gasteiger partial charge < -0.3 is 24.1 Å². The molecule has 30 heavy (non-hydrogen) atoms. The molecule has 1 N–H and O–H groups in total. The first kappa shape index (κ1) is 22.9. The molecule has 0 radical (unpaired) electrons. The number of carbonyl (C=O) groups is 1. The van der Waals surface area contributed by atoms with Crippen LogP contribution in [0.3, 0.4) is 0 Å². The van der Waals surface area contributed by atoms with Crippen LogP contribution in [0.5, 0.6) is 17.2 Å². The van der Waals surface area contributed by atoms with Crippen molar-refractivity contribution in [3.63, 3.8) is 0 Å². The third kappa shape index (κ3) is 7.21. The summed E-state index contributed by atoms with van der Waals surface area (Å²) in [6, 6.07) is 11.6. The molecule has 0 saturated heterocycles. The van der Waals surface area contributed by atoms with Crippen LogP contribution in [0.15, 0.2) is 64.8 Å². The van der Waals surface area contributed by atoms with Crippen molar-refractivity contribution in [2.24, 2.45) is 10.2 Å². The lowest BCUT2D eigenvalue weighted by Crippen LogP contribution is -2.30. The molecule has 8 nitrogen and oxygen atoms in total. The highest BCUT2D eigenvalue weighted by Crippen LogP contribution is 2.31. The molecule has 0 saturated carbocycles. The van der Waals surface area contributed by atoms with E-state index in [4.69, 9.17) is 18.9 Å². The van der Waals surface area contributed by atoms with Gasteiger partial charge in [-0.25, -0.2) is 4.79 Å². The van der Waals surface area contributed by atoms with E-state index in [0.717, 1.165) is 0 Å². The van der Waals surface area contributed by atoms with Crippen LogP contribution in [-0.2, 0) is 14.3 Å². The van der Waals surface area contributed by atoms with Crippen molar-refractivity contribution in [3.8, 4) is 17.2 Å². The summed E-state index contributed by atoms with van der Waals surface area (Å²) < 4.78 is 21.4. The Kier molecular flexibility index (Phi) is 8.83. The second-order valence-electron chi connectivity index (χ2n) is 6.33. The van der Waals surface area contributed by atoms with Gasteiger partial charge in [-0.15, -0.1) is 5.11 Å². The van der Waals surface area contributed by atoms with Crippen LogP contribution in [0.1, 0.15) is 13.8 Å². The van der Waals surface area contributed by atoms with E-state index >= 15 is 0 Å². The Hall–Kier alpha value is -3.39. The van der Waals surface area contributed by atoms with Crippen molar-refractivity contribution in [2.75, 3.05) is 26.9 Å². The number of benzene rings is 2. The molecule has 0 amide bonds. The predicted octanol–water partition coefficient (Wildman–Crippen LogP) is 4.72. The summed E-state index contributed by atoms with van der Waals surface area (Å²) in [5.74, 6) is 0.599. The first-order valence-electron chi connectivity index (χ1n) is 9.38. The minimum absolute atomic E-state index is 0.0253. The molecule has 0 aromatic heterocycles. The molecule has 0 heterocycles. The lowest BCUT2D eigenvalue weighted by molar-refractivity contribution is -0.149. The summed E-state index contributed by atoms with van der Waals surface area (Å²) in [5.41, 5.74) is 1.22. The molecule has 160 valence electrons. The van der Waals surface area contributed by atoms with Crippen molar-refractivity contribution in [2.45, 2.75) is 20.0 Å². The monoisotopic (exact) mass is 414 g/mol. The molecular formula is C22H26N2O6. The number of phenolic OH excluding ortho intramolecular Hbond substituents is 1. The van der Waals surface area contributed by atoms with Crippen LogP contribution in [0.4, 0.5) is 11.4 Å². The minimum atomic E-state index is -0.549. The van der Waals surface area contributed by atoms with Gasteiger partial charge in [0.05, 0.1) is 19.4 Å². The lowest BCUT2D eigenvalue weighted by Gasteiger charge is -2.18. The summed E-state index contributed by atoms with van der Waals surface area (Å²) >= 11 is 0. The van der Waals surface area contributed by atoms with Gasteiger partial charge in [0.15, 0.2) is 6.10 Å². The molecule has 0 aliphatic heterocycles. The zero-order valence-corrected chi connectivity index (χ0v) is 17.3. The highest BCUT2D eigenvalue weighted by Gasteiger charge is 2.16. The van der Waals surface area contributed by atoms with Gasteiger partial charge in [0.1, 0.15) is 29.5 Å². The first-order valence-corrected chi connectivity index (χ1v) is 9.38. The maximum atomic E-state index is 11.7. The summed E-state index contributed by atoms with van der Waals surface area (Å²) in [7, 11) is 1.52. The summed E-state index contributed by atoms with van der Waals surface area (Å²) in [6.07, 6.45) is -0.549. The second kappa shape index (κ2) is 11.6. The molecule has 0 aliphatic carbocycles. The van der Waals surface area contributed by atoms with E-state index in [0.29, 0.717) is 35.1 Å². The van der Waals surface area contributed by atoms with Gasteiger partial charge in [0.25, 0.3) is 0 Å². The standard InChI is InChI=1S/C22H26N2O6/c1-5-28-13-19(30-22(26)15(2)3)14-29-17-8-6-16(7-9-17)23-24-20-11-10-18(27-4)12-21(20)25/h6-12,19,25H,2,5,13-14H2,1,3-4H3. The lowest BCUT2D eigenvalue weighted by atomic mass is 10.3. The number of azo groups is 1. The van der Waals surface area contributed by atoms with Gasteiger partial charge in [-0.05, 0) is 50.2 Å². The number of carbonyl (C=O) groups excluding carboxylic acids is 1. The molecule has 1 atom stereocenters. The van der Waals surface area contributed by atoms with Crippen molar-refractivity contribution in [1.82, 2.24) is 0 Å². The molecule has 0 fully saturated rings. The van der Waals surface area contributed by atoms with Crippen LogP contribution >= 0.6 is 0 Å². The summed E-state index contributed by atoms with van der Waals surface area (Å²) in [5, 5.41) is 18.1. The van der Waals surface area contributed by atoms with E-state index in [1.54, 1.807) is 43.3 Å². The highest BCUT2D eigenvalue weighted by molar-refractivity contribution is 5.87. The summed E-state index contributed by atoms with van der Waals surface area (Å²) in [4.78, 5) is 11.7. The largest absolute Gasteiger partial charge is 0.505 e. The van der Waals surface area contributed by atoms with Crippen LogP contribution in [0.25, 0.3) is 0 Å². The number of hydrogen-bond donors (Lipinski definition) is 1. The number of esters is 1. The van der Waals surface area contributed by atoms with E-state index < -0.39 is 12.1 Å². The molecular weight excluding hydrogens is 388 g/mol. The highest BCUT2D eigenvalue weighted by atomic mass is 16.6. The van der Waals surface area contributed by atoms with Crippen molar-refractivity contribution in [1.29, 1.82) is 0 Å². The third-order valence-electron chi connectivity index (χ3n) is 3.86. The fourth-order valence-electron chi connectivity index (χ4n) is 2.24. The van der Waals surface area contributed by atoms with E-state index in [9.17, 15) is 9.90 Å². The number of aromatic hydroxyl groups is 1. The maximum Gasteiger partial charge on any atom is 0.333 e. The van der Waals surface area contributed by atoms with Gasteiger partial charge in [-0.1, -0.05) is 6.58 Å². The molecule has 2 aromatic carbocycles. The molecule has 2 aromatic rings. The predicted molar refractivity (Wildman–Crippen MR) is 112 cm³/mol. The zero-order chi connectivity index (χ0) is 21.9. The Morgan fingerprint density at radius 1 is 1.10 bits per heavy atom. The summed E-state index contributed by atoms with van der Waals surface area (Å²) in [6.45, 7) is 7.89. The molecule has 8 heteroatoms. The maximum absolute atomic E-state index is 11.7. The quantitative estimate of drug-likeness (QED) is 0.324. The van der Waals surface area contributed by atoms with E-state index in [1.807, 2.05) is 6.92 Å². The number of rotatable bonds is 11. The van der Waals surface area contributed by atoms with Crippen LogP contribution in [0, 0.1) is 0 Å². The average Bonchev–Trinajstić information content (AvgIpc) is 2.75. The second-order valence-corrected chi connectivity index (χ2v) is 6.33. The fraction of sp³-hybridized carbons (Fsp3) is 0.318. The molecule has 1 unspecified atom stereocenters. The van der Waals surface area contributed by atoms with Gasteiger partial charge in [0.2, 0.25) is 0 Å². The Bertz CT molecular complexity index is 880. The number of phenols is 1. The van der Waals surface area contributed by atoms with E-state index in [-0.39, 0.29) is 19.0 Å². The van der Waals surface area contributed by atoms with Crippen molar-refractivity contribution >= 4 is 17.3 Å². The van der Waals surface area contributed by atoms with Crippen molar-refractivity contribution in [3.05, 3.63) is 54.6 Å². The topological polar surface area (TPSA) is 98.9 Å². The van der Waals surface area contributed by atoms with Crippen molar-refractivity contribution < 1.29 is 28.8 Å². The Balaban J connectivity index is 1.95. The van der Waals surface area contributed by atoms with E-state index in [2.05, 4.69) is 16.8 Å². The molecule has 2 rings (SSSR count). The Morgan fingerprint density at radius 3 is 2.40 bits per heavy atom. The molecule has 0 spiro atoms.